The summed E-state index contributed by atoms with van der Waals surface area (Å²) in [6, 6.07) is 73.5. The van der Waals surface area contributed by atoms with E-state index in [1.165, 1.54) is 27.8 Å². The van der Waals surface area contributed by atoms with E-state index in [4.69, 9.17) is 9.41 Å². The maximum absolute atomic E-state index is 6.90. The van der Waals surface area contributed by atoms with Crippen LogP contribution in [0.4, 0.5) is 22.7 Å². The van der Waals surface area contributed by atoms with E-state index in [1.807, 2.05) is 0 Å². The number of nitrogens with zero attached hydrogens (tertiary/aromatic N) is 2. The molecule has 1 aliphatic rings. The van der Waals surface area contributed by atoms with E-state index in [0.29, 0.717) is 0 Å². The van der Waals surface area contributed by atoms with Crippen molar-refractivity contribution in [3.8, 4) is 33.4 Å². The summed E-state index contributed by atoms with van der Waals surface area (Å²) in [5.41, 5.74) is 16.7. The number of anilines is 3. The number of rotatable bonds is 7. The van der Waals surface area contributed by atoms with Crippen LogP contribution in [-0.4, -0.2) is 5.71 Å². The van der Waals surface area contributed by atoms with E-state index in [-0.39, 0.29) is 0 Å². The molecule has 0 spiro atoms. The van der Waals surface area contributed by atoms with E-state index in [2.05, 4.69) is 211 Å². The van der Waals surface area contributed by atoms with Crippen LogP contribution in [0.2, 0.25) is 0 Å². The minimum absolute atomic E-state index is 0.873. The van der Waals surface area contributed by atoms with Gasteiger partial charge < -0.3 is 9.32 Å². The van der Waals surface area contributed by atoms with E-state index >= 15 is 0 Å². The molecule has 57 heavy (non-hydrogen) atoms. The van der Waals surface area contributed by atoms with E-state index < -0.39 is 0 Å². The molecule has 9 aromatic carbocycles. The Hall–Kier alpha value is -7.49. The number of hydrogen-bond donors (Lipinski definition) is 0. The standard InChI is InChI=1S/C54H36N2O/c1-3-10-36(11-4-1)37-24-29-45(30-25-37)56(44-13-5-2-6-14-44)46-31-26-39(27-32-46)47-15-9-16-48-49-33-28-40-20-23-42(34-50(40)54(49)57-53(47)48)38-18-21-41(22-19-38)52-35-43-12-7-8-17-51(43)55-52/h1-34H,35H2. The second-order valence-corrected chi connectivity index (χ2v) is 14.7. The Kier molecular flexibility index (Phi) is 7.89. The summed E-state index contributed by atoms with van der Waals surface area (Å²) in [5, 5.41) is 4.50. The van der Waals surface area contributed by atoms with Crippen molar-refractivity contribution in [3.05, 3.63) is 217 Å². The molecule has 0 radical (unpaired) electrons. The first-order valence-electron chi connectivity index (χ1n) is 19.5. The maximum Gasteiger partial charge on any atom is 0.143 e. The van der Waals surface area contributed by atoms with Crippen LogP contribution in [0.1, 0.15) is 11.1 Å². The predicted molar refractivity (Wildman–Crippen MR) is 239 cm³/mol. The van der Waals surface area contributed by atoms with Crippen molar-refractivity contribution in [1.82, 2.24) is 0 Å². The summed E-state index contributed by atoms with van der Waals surface area (Å²) >= 11 is 0. The smallest absolute Gasteiger partial charge is 0.143 e. The third-order valence-corrected chi connectivity index (χ3v) is 11.3. The van der Waals surface area contributed by atoms with Crippen LogP contribution < -0.4 is 4.90 Å². The molecule has 0 fully saturated rings. The molecule has 3 heteroatoms. The molecule has 0 amide bonds. The minimum atomic E-state index is 0.873. The van der Waals surface area contributed by atoms with Gasteiger partial charge in [-0.1, -0.05) is 152 Å². The highest BCUT2D eigenvalue weighted by molar-refractivity contribution is 6.17. The van der Waals surface area contributed by atoms with Gasteiger partial charge in [0.25, 0.3) is 0 Å². The fraction of sp³-hybridized carbons (Fsp3) is 0.0185. The van der Waals surface area contributed by atoms with E-state index in [9.17, 15) is 0 Å². The molecular formula is C54H36N2O. The molecule has 0 saturated heterocycles. The molecule has 268 valence electrons. The molecule has 11 rings (SSSR count). The number of furan rings is 1. The lowest BCUT2D eigenvalue weighted by Gasteiger charge is -2.26. The van der Waals surface area contributed by atoms with Crippen molar-refractivity contribution in [1.29, 1.82) is 0 Å². The van der Waals surface area contributed by atoms with Crippen LogP contribution in [0.25, 0.3) is 66.1 Å². The first-order chi connectivity index (χ1) is 28.2. The van der Waals surface area contributed by atoms with Crippen molar-refractivity contribution in [3.63, 3.8) is 0 Å². The lowest BCUT2D eigenvalue weighted by molar-refractivity contribution is 0.674. The van der Waals surface area contributed by atoms with Gasteiger partial charge in [-0.25, -0.2) is 0 Å². The van der Waals surface area contributed by atoms with Crippen molar-refractivity contribution in [2.24, 2.45) is 4.99 Å². The summed E-state index contributed by atoms with van der Waals surface area (Å²) in [5.74, 6) is 0. The van der Waals surface area contributed by atoms with Crippen LogP contribution in [0.15, 0.2) is 216 Å². The highest BCUT2D eigenvalue weighted by atomic mass is 16.3. The first kappa shape index (κ1) is 32.9. The Morgan fingerprint density at radius 2 is 0.947 bits per heavy atom. The first-order valence-corrected chi connectivity index (χ1v) is 19.5. The zero-order chi connectivity index (χ0) is 37.7. The van der Waals surface area contributed by atoms with Gasteiger partial charge >= 0.3 is 0 Å². The Balaban J connectivity index is 0.933. The number of hydrogen-bond acceptors (Lipinski definition) is 3. The molecule has 0 atom stereocenters. The number of aliphatic imine (C=N–C) groups is 1. The fourth-order valence-corrected chi connectivity index (χ4v) is 8.39. The molecule has 0 aliphatic carbocycles. The van der Waals surface area contributed by atoms with Gasteiger partial charge in [-0.2, -0.15) is 0 Å². The molecule has 10 aromatic rings. The molecule has 0 bridgehead atoms. The lowest BCUT2D eigenvalue weighted by Crippen LogP contribution is -2.09. The van der Waals surface area contributed by atoms with Crippen molar-refractivity contribution in [2.75, 3.05) is 4.90 Å². The van der Waals surface area contributed by atoms with Gasteiger partial charge in [0.1, 0.15) is 11.2 Å². The Morgan fingerprint density at radius 3 is 1.70 bits per heavy atom. The topological polar surface area (TPSA) is 28.7 Å². The normalized spacial score (nSPS) is 12.2. The second-order valence-electron chi connectivity index (χ2n) is 14.7. The van der Waals surface area contributed by atoms with Gasteiger partial charge in [0.05, 0.1) is 11.4 Å². The zero-order valence-electron chi connectivity index (χ0n) is 31.1. The summed E-state index contributed by atoms with van der Waals surface area (Å²) < 4.78 is 6.90. The second kappa shape index (κ2) is 13.7. The van der Waals surface area contributed by atoms with Crippen LogP contribution in [0.3, 0.4) is 0 Å². The largest absolute Gasteiger partial charge is 0.455 e. The highest BCUT2D eigenvalue weighted by Crippen LogP contribution is 2.42. The molecule has 0 saturated carbocycles. The van der Waals surface area contributed by atoms with Gasteiger partial charge in [0, 0.05) is 45.2 Å². The Bertz CT molecular complexity index is 3110. The number of fused-ring (bicyclic) bond motifs is 6. The van der Waals surface area contributed by atoms with Gasteiger partial charge in [0.15, 0.2) is 0 Å². The van der Waals surface area contributed by atoms with Crippen LogP contribution in [-0.2, 0) is 6.42 Å². The summed E-state index contributed by atoms with van der Waals surface area (Å²) in [6.45, 7) is 0. The fourth-order valence-electron chi connectivity index (χ4n) is 8.39. The zero-order valence-corrected chi connectivity index (χ0v) is 31.1. The number of benzene rings is 9. The molecule has 0 unspecified atom stereocenters. The highest BCUT2D eigenvalue weighted by Gasteiger charge is 2.18. The molecule has 2 heterocycles. The molecule has 1 aliphatic heterocycles. The maximum atomic E-state index is 6.90. The molecular weight excluding hydrogens is 693 g/mol. The Morgan fingerprint density at radius 1 is 0.386 bits per heavy atom. The van der Waals surface area contributed by atoms with Crippen molar-refractivity contribution >= 4 is 61.2 Å². The van der Waals surface area contributed by atoms with Gasteiger partial charge in [-0.15, -0.1) is 0 Å². The average Bonchev–Trinajstić information content (AvgIpc) is 3.90. The predicted octanol–water partition coefficient (Wildman–Crippen LogP) is 14.9. The summed E-state index contributed by atoms with van der Waals surface area (Å²) in [7, 11) is 0. The molecule has 1 aromatic heterocycles. The number of para-hydroxylation sites is 3. The Labute approximate surface area is 331 Å². The summed E-state index contributed by atoms with van der Waals surface area (Å²) in [4.78, 5) is 7.20. The van der Waals surface area contributed by atoms with Crippen molar-refractivity contribution in [2.45, 2.75) is 6.42 Å². The van der Waals surface area contributed by atoms with Gasteiger partial charge in [-0.3, -0.25) is 4.99 Å². The van der Waals surface area contributed by atoms with E-state index in [1.54, 1.807) is 0 Å². The average molecular weight is 729 g/mol. The van der Waals surface area contributed by atoms with Gasteiger partial charge in [-0.05, 0) is 98.9 Å². The van der Waals surface area contributed by atoms with Crippen LogP contribution >= 0.6 is 0 Å². The van der Waals surface area contributed by atoms with Crippen molar-refractivity contribution < 1.29 is 4.42 Å². The monoisotopic (exact) mass is 728 g/mol. The van der Waals surface area contributed by atoms with Gasteiger partial charge in [0.2, 0.25) is 0 Å². The third kappa shape index (κ3) is 5.89. The summed E-state index contributed by atoms with van der Waals surface area (Å²) in [6.07, 6.45) is 0.873. The quantitative estimate of drug-likeness (QED) is 0.163. The molecule has 3 nitrogen and oxygen atoms in total. The minimum Gasteiger partial charge on any atom is -0.455 e. The molecule has 0 N–H and O–H groups in total. The van der Waals surface area contributed by atoms with Crippen LogP contribution in [0.5, 0.6) is 0 Å². The lowest BCUT2D eigenvalue weighted by atomic mass is 9.97. The SMILES string of the molecule is c1ccc(-c2ccc(N(c3ccccc3)c3ccc(-c4cccc5c4oc4c6cc(-c7ccc(C8=Nc9ccccc9C8)cc7)ccc6ccc54)cc3)cc2)cc1. The third-order valence-electron chi connectivity index (χ3n) is 11.3. The van der Waals surface area contributed by atoms with E-state index in [0.717, 1.165) is 84.3 Å². The van der Waals surface area contributed by atoms with Crippen LogP contribution in [0, 0.1) is 0 Å².